The summed E-state index contributed by atoms with van der Waals surface area (Å²) < 4.78 is 25.3. The molecule has 0 aromatic carbocycles. The first kappa shape index (κ1) is 12.3. The van der Waals surface area contributed by atoms with Crippen LogP contribution in [0.5, 0.6) is 0 Å². The molecule has 0 atom stereocenters. The van der Waals surface area contributed by atoms with Gasteiger partial charge in [-0.2, -0.15) is 0 Å². The summed E-state index contributed by atoms with van der Waals surface area (Å²) >= 11 is 5.43. The monoisotopic (exact) mass is 248 g/mol. The van der Waals surface area contributed by atoms with Crippen LogP contribution in [0.15, 0.2) is 18.3 Å². The molecule has 1 heterocycles. The lowest BCUT2D eigenvalue weighted by molar-refractivity contribution is 0.600. The molecule has 0 unspecified atom stereocenters. The van der Waals surface area contributed by atoms with E-state index in [0.717, 1.165) is 5.69 Å². The Morgan fingerprint density at radius 3 is 2.73 bits per heavy atom. The highest BCUT2D eigenvalue weighted by molar-refractivity contribution is 7.92. The van der Waals surface area contributed by atoms with Gasteiger partial charge in [0.25, 0.3) is 0 Å². The number of nitrogens with zero attached hydrogens (tertiary/aromatic N) is 1. The fraction of sp³-hybridized carbons (Fsp3) is 0.444. The molecule has 0 radical (unpaired) electrons. The van der Waals surface area contributed by atoms with Gasteiger partial charge < -0.3 is 0 Å². The number of anilines is 1. The molecule has 0 saturated carbocycles. The Balaban J connectivity index is 2.65. The zero-order valence-electron chi connectivity index (χ0n) is 8.40. The van der Waals surface area contributed by atoms with Crippen molar-refractivity contribution in [3.05, 3.63) is 24.0 Å². The maximum Gasteiger partial charge on any atom is 0.232 e. The molecule has 0 fully saturated rings. The van der Waals surface area contributed by atoms with E-state index in [4.69, 9.17) is 11.6 Å². The van der Waals surface area contributed by atoms with Gasteiger partial charge in [0.05, 0.1) is 17.6 Å². The van der Waals surface area contributed by atoms with Gasteiger partial charge in [-0.15, -0.1) is 11.6 Å². The molecule has 1 N–H and O–H groups in total. The zero-order chi connectivity index (χ0) is 11.3. The summed E-state index contributed by atoms with van der Waals surface area (Å²) in [5.41, 5.74) is 1.33. The molecule has 0 spiro atoms. The van der Waals surface area contributed by atoms with Crippen LogP contribution in [0.4, 0.5) is 5.69 Å². The minimum atomic E-state index is -3.28. The first-order valence-corrected chi connectivity index (χ1v) is 6.71. The highest BCUT2D eigenvalue weighted by Crippen LogP contribution is 2.08. The third-order valence-electron chi connectivity index (χ3n) is 1.73. The molecule has 0 aliphatic heterocycles. The second kappa shape index (κ2) is 5.32. The maximum atomic E-state index is 11.4. The van der Waals surface area contributed by atoms with Crippen LogP contribution in [0, 0.1) is 6.92 Å². The molecule has 1 aromatic rings. The number of halogens is 1. The maximum absolute atomic E-state index is 11.4. The topological polar surface area (TPSA) is 59.1 Å². The van der Waals surface area contributed by atoms with Gasteiger partial charge in [0.2, 0.25) is 10.0 Å². The van der Waals surface area contributed by atoms with Crippen LogP contribution in [0.2, 0.25) is 0 Å². The fourth-order valence-corrected chi connectivity index (χ4v) is 2.40. The Labute approximate surface area is 94.7 Å². The largest absolute Gasteiger partial charge is 0.282 e. The van der Waals surface area contributed by atoms with E-state index in [1.807, 2.05) is 6.92 Å². The van der Waals surface area contributed by atoms with Crippen LogP contribution >= 0.6 is 11.6 Å². The van der Waals surface area contributed by atoms with Gasteiger partial charge >= 0.3 is 0 Å². The Hall–Kier alpha value is -0.810. The van der Waals surface area contributed by atoms with Crippen LogP contribution in [0.25, 0.3) is 0 Å². The average molecular weight is 249 g/mol. The molecule has 0 aliphatic rings. The fourth-order valence-electron chi connectivity index (χ4n) is 1.00. The summed E-state index contributed by atoms with van der Waals surface area (Å²) in [6, 6.07) is 3.43. The minimum absolute atomic E-state index is 0.0321. The predicted octanol–water partition coefficient (Wildman–Crippen LogP) is 1.76. The minimum Gasteiger partial charge on any atom is -0.282 e. The molecule has 0 saturated heterocycles. The van der Waals surface area contributed by atoms with Gasteiger partial charge in [0.1, 0.15) is 0 Å². The zero-order valence-corrected chi connectivity index (χ0v) is 9.98. The molecule has 84 valence electrons. The highest BCUT2D eigenvalue weighted by atomic mass is 35.5. The first-order valence-electron chi connectivity index (χ1n) is 4.52. The molecule has 15 heavy (non-hydrogen) atoms. The smallest absolute Gasteiger partial charge is 0.232 e. The quantitative estimate of drug-likeness (QED) is 0.808. The van der Waals surface area contributed by atoms with Crippen LogP contribution in [0.1, 0.15) is 12.1 Å². The Morgan fingerprint density at radius 2 is 2.20 bits per heavy atom. The van der Waals surface area contributed by atoms with Crippen LogP contribution in [-0.4, -0.2) is 25.0 Å². The summed E-state index contributed by atoms with van der Waals surface area (Å²) in [7, 11) is -3.28. The standard InChI is InChI=1S/C9H13ClN2O2S/c1-8-3-4-9(7-11-8)12-15(13,14)6-2-5-10/h3-4,7,12H,2,5-6H2,1H3. The Morgan fingerprint density at radius 1 is 1.47 bits per heavy atom. The van der Waals surface area contributed by atoms with Crippen molar-refractivity contribution in [2.24, 2.45) is 0 Å². The van der Waals surface area contributed by atoms with Crippen LogP contribution in [-0.2, 0) is 10.0 Å². The number of aromatic nitrogens is 1. The number of hydrogen-bond donors (Lipinski definition) is 1. The second-order valence-corrected chi connectivity index (χ2v) is 5.37. The van der Waals surface area contributed by atoms with Crippen LogP contribution in [0.3, 0.4) is 0 Å². The van der Waals surface area contributed by atoms with E-state index in [0.29, 0.717) is 18.0 Å². The highest BCUT2D eigenvalue weighted by Gasteiger charge is 2.09. The van der Waals surface area contributed by atoms with E-state index < -0.39 is 10.0 Å². The number of aryl methyl sites for hydroxylation is 1. The molecule has 4 nitrogen and oxygen atoms in total. The van der Waals surface area contributed by atoms with Crippen molar-refractivity contribution in [2.45, 2.75) is 13.3 Å². The van der Waals surface area contributed by atoms with Crippen molar-refractivity contribution in [1.29, 1.82) is 0 Å². The average Bonchev–Trinajstić information content (AvgIpc) is 2.18. The second-order valence-electron chi connectivity index (χ2n) is 3.15. The molecule has 0 amide bonds. The van der Waals surface area contributed by atoms with Crippen molar-refractivity contribution >= 4 is 27.3 Å². The number of sulfonamides is 1. The Bertz CT molecular complexity index is 403. The third kappa shape index (κ3) is 4.48. The summed E-state index contributed by atoms with van der Waals surface area (Å²) in [6.07, 6.45) is 1.93. The van der Waals surface area contributed by atoms with Crippen molar-refractivity contribution < 1.29 is 8.42 Å². The predicted molar refractivity (Wildman–Crippen MR) is 61.7 cm³/mol. The first-order chi connectivity index (χ1) is 7.03. The van der Waals surface area contributed by atoms with Crippen molar-refractivity contribution in [2.75, 3.05) is 16.4 Å². The number of hydrogen-bond acceptors (Lipinski definition) is 3. The summed E-state index contributed by atoms with van der Waals surface area (Å²) in [5.74, 6) is 0.372. The van der Waals surface area contributed by atoms with E-state index in [2.05, 4.69) is 9.71 Å². The number of nitrogens with one attached hydrogen (secondary N) is 1. The molecule has 6 heteroatoms. The summed E-state index contributed by atoms with van der Waals surface area (Å²) in [4.78, 5) is 3.99. The van der Waals surface area contributed by atoms with E-state index in [-0.39, 0.29) is 5.75 Å². The molecule has 1 rings (SSSR count). The SMILES string of the molecule is Cc1ccc(NS(=O)(=O)CCCCl)cn1. The van der Waals surface area contributed by atoms with Gasteiger partial charge in [0, 0.05) is 11.6 Å². The molecular weight excluding hydrogens is 236 g/mol. The lowest BCUT2D eigenvalue weighted by atomic mass is 10.4. The van der Waals surface area contributed by atoms with Crippen molar-refractivity contribution in [3.63, 3.8) is 0 Å². The summed E-state index contributed by atoms with van der Waals surface area (Å²) in [5, 5.41) is 0. The lowest BCUT2D eigenvalue weighted by Crippen LogP contribution is -2.17. The lowest BCUT2D eigenvalue weighted by Gasteiger charge is -2.06. The van der Waals surface area contributed by atoms with E-state index >= 15 is 0 Å². The molecule has 1 aromatic heterocycles. The van der Waals surface area contributed by atoms with E-state index in [1.165, 1.54) is 6.20 Å². The molecular formula is C9H13ClN2O2S. The van der Waals surface area contributed by atoms with Crippen molar-refractivity contribution in [1.82, 2.24) is 4.98 Å². The van der Waals surface area contributed by atoms with Gasteiger partial charge in [-0.25, -0.2) is 8.42 Å². The van der Waals surface area contributed by atoms with Gasteiger partial charge in [-0.1, -0.05) is 0 Å². The normalized spacial score (nSPS) is 11.3. The number of rotatable bonds is 5. The number of pyridine rings is 1. The van der Waals surface area contributed by atoms with E-state index in [9.17, 15) is 8.42 Å². The Kier molecular flexibility index (Phi) is 4.35. The molecule has 0 bridgehead atoms. The van der Waals surface area contributed by atoms with Gasteiger partial charge in [-0.3, -0.25) is 9.71 Å². The van der Waals surface area contributed by atoms with Gasteiger partial charge in [0.15, 0.2) is 0 Å². The van der Waals surface area contributed by atoms with Crippen molar-refractivity contribution in [3.8, 4) is 0 Å². The van der Waals surface area contributed by atoms with Crippen LogP contribution < -0.4 is 4.72 Å². The summed E-state index contributed by atoms with van der Waals surface area (Å²) in [6.45, 7) is 1.84. The number of alkyl halides is 1. The van der Waals surface area contributed by atoms with E-state index in [1.54, 1.807) is 12.1 Å². The van der Waals surface area contributed by atoms with Gasteiger partial charge in [-0.05, 0) is 25.5 Å². The third-order valence-corrected chi connectivity index (χ3v) is 3.37. The molecule has 0 aliphatic carbocycles.